The second-order valence-corrected chi connectivity index (χ2v) is 4.84. The van der Waals surface area contributed by atoms with Crippen LogP contribution >= 0.6 is 11.8 Å². The number of hydrogen-bond acceptors (Lipinski definition) is 3. The van der Waals surface area contributed by atoms with E-state index in [2.05, 4.69) is 23.8 Å². The maximum atomic E-state index is 11.5. The average molecular weight is 208 g/mol. The summed E-state index contributed by atoms with van der Waals surface area (Å²) in [7, 11) is 0. The lowest BCUT2D eigenvalue weighted by atomic mass is 10.1. The number of carbonyl (C=O) groups excluding carboxylic acids is 1. The first-order valence-corrected chi connectivity index (χ1v) is 5.63. The number of nitrogens with zero attached hydrogens (tertiary/aromatic N) is 2. The summed E-state index contributed by atoms with van der Waals surface area (Å²) in [6, 6.07) is 0. The van der Waals surface area contributed by atoms with E-state index in [0.717, 1.165) is 12.1 Å². The van der Waals surface area contributed by atoms with E-state index in [1.165, 1.54) is 11.8 Å². The number of thioether (sulfide) groups is 1. The molecule has 1 atom stereocenters. The van der Waals surface area contributed by atoms with E-state index in [4.69, 9.17) is 0 Å². The van der Waals surface area contributed by atoms with Gasteiger partial charge in [0.05, 0.1) is 5.71 Å². The molecule has 0 aromatic carbocycles. The van der Waals surface area contributed by atoms with Crippen LogP contribution in [0.5, 0.6) is 0 Å². The van der Waals surface area contributed by atoms with Crippen LogP contribution in [0.25, 0.3) is 0 Å². The highest BCUT2D eigenvalue weighted by Gasteiger charge is 2.30. The summed E-state index contributed by atoms with van der Waals surface area (Å²) >= 11 is 1.49. The van der Waals surface area contributed by atoms with Gasteiger partial charge < -0.3 is 0 Å². The standard InChI is InChI=1S/C10H12N2OS/c1-6(2)5-8-11-7-3-4-14-9(7)10(13)12-8/h3-4,6,9H,5H2,1-2H3. The lowest BCUT2D eigenvalue weighted by Gasteiger charge is -2.13. The molecule has 0 fully saturated rings. The van der Waals surface area contributed by atoms with Crippen LogP contribution in [0.4, 0.5) is 0 Å². The largest absolute Gasteiger partial charge is 0.271 e. The minimum absolute atomic E-state index is 0.0550. The van der Waals surface area contributed by atoms with Gasteiger partial charge in [0, 0.05) is 6.42 Å². The Morgan fingerprint density at radius 3 is 3.00 bits per heavy atom. The number of hydrogen-bond donors (Lipinski definition) is 0. The van der Waals surface area contributed by atoms with Gasteiger partial charge in [-0.1, -0.05) is 13.8 Å². The summed E-state index contributed by atoms with van der Waals surface area (Å²) in [6.07, 6.45) is 2.68. The highest BCUT2D eigenvalue weighted by atomic mass is 32.2. The quantitative estimate of drug-likeness (QED) is 0.697. The molecule has 14 heavy (non-hydrogen) atoms. The molecule has 2 rings (SSSR count). The van der Waals surface area contributed by atoms with Crippen LogP contribution < -0.4 is 0 Å². The summed E-state index contributed by atoms with van der Waals surface area (Å²) in [4.78, 5) is 19.9. The van der Waals surface area contributed by atoms with Crippen molar-refractivity contribution in [3.8, 4) is 0 Å². The van der Waals surface area contributed by atoms with Gasteiger partial charge in [-0.2, -0.15) is 4.99 Å². The lowest BCUT2D eigenvalue weighted by molar-refractivity contribution is -0.116. The van der Waals surface area contributed by atoms with E-state index >= 15 is 0 Å². The predicted octanol–water partition coefficient (Wildman–Crippen LogP) is 2.04. The van der Waals surface area contributed by atoms with Crippen LogP contribution in [0.1, 0.15) is 20.3 Å². The molecular weight excluding hydrogens is 196 g/mol. The van der Waals surface area contributed by atoms with E-state index in [0.29, 0.717) is 11.8 Å². The van der Waals surface area contributed by atoms with Crippen molar-refractivity contribution in [3.05, 3.63) is 11.5 Å². The fourth-order valence-corrected chi connectivity index (χ4v) is 2.26. The third-order valence-corrected chi connectivity index (χ3v) is 3.04. The molecule has 74 valence electrons. The average Bonchev–Trinajstić information content (AvgIpc) is 2.50. The summed E-state index contributed by atoms with van der Waals surface area (Å²) in [6.45, 7) is 4.19. The van der Waals surface area contributed by atoms with Gasteiger partial charge in [0.2, 0.25) is 0 Å². The van der Waals surface area contributed by atoms with Gasteiger partial charge in [0.1, 0.15) is 11.1 Å². The third kappa shape index (κ3) is 1.80. The number of amidine groups is 1. The highest BCUT2D eigenvalue weighted by Crippen LogP contribution is 2.26. The maximum Gasteiger partial charge on any atom is 0.266 e. The second kappa shape index (κ2) is 3.69. The van der Waals surface area contributed by atoms with Crippen LogP contribution in [-0.2, 0) is 4.79 Å². The zero-order chi connectivity index (χ0) is 10.1. The Bertz CT molecular complexity index is 355. The molecule has 0 spiro atoms. The first-order chi connectivity index (χ1) is 6.66. The smallest absolute Gasteiger partial charge is 0.266 e. The molecular formula is C10H12N2OS. The Morgan fingerprint density at radius 2 is 2.29 bits per heavy atom. The molecule has 0 aliphatic carbocycles. The van der Waals surface area contributed by atoms with Crippen LogP contribution in [0.3, 0.4) is 0 Å². The van der Waals surface area contributed by atoms with E-state index in [9.17, 15) is 4.79 Å². The zero-order valence-corrected chi connectivity index (χ0v) is 9.04. The number of allylic oxidation sites excluding steroid dienone is 1. The minimum Gasteiger partial charge on any atom is -0.271 e. The topological polar surface area (TPSA) is 41.8 Å². The molecule has 3 nitrogen and oxygen atoms in total. The predicted molar refractivity (Wildman–Crippen MR) is 59.9 cm³/mol. The van der Waals surface area contributed by atoms with Crippen molar-refractivity contribution >= 4 is 29.2 Å². The van der Waals surface area contributed by atoms with Gasteiger partial charge in [0.15, 0.2) is 0 Å². The van der Waals surface area contributed by atoms with Gasteiger partial charge >= 0.3 is 0 Å². The number of rotatable bonds is 2. The summed E-state index contributed by atoms with van der Waals surface area (Å²) in [5.41, 5.74) is 0.866. The van der Waals surface area contributed by atoms with Gasteiger partial charge in [-0.15, -0.1) is 11.8 Å². The molecule has 2 heterocycles. The Balaban J connectivity index is 2.21. The van der Waals surface area contributed by atoms with Crippen LogP contribution in [0.2, 0.25) is 0 Å². The second-order valence-electron chi connectivity index (χ2n) is 3.82. The van der Waals surface area contributed by atoms with Gasteiger partial charge in [-0.25, -0.2) is 4.99 Å². The van der Waals surface area contributed by atoms with Crippen molar-refractivity contribution in [2.75, 3.05) is 0 Å². The highest BCUT2D eigenvalue weighted by molar-refractivity contribution is 8.04. The first-order valence-electron chi connectivity index (χ1n) is 4.69. The van der Waals surface area contributed by atoms with Crippen molar-refractivity contribution in [1.82, 2.24) is 0 Å². The molecule has 0 bridgehead atoms. The normalized spacial score (nSPS) is 25.1. The van der Waals surface area contributed by atoms with Gasteiger partial charge in [0.25, 0.3) is 5.91 Å². The van der Waals surface area contributed by atoms with Crippen molar-refractivity contribution in [2.24, 2.45) is 15.9 Å². The van der Waals surface area contributed by atoms with E-state index in [-0.39, 0.29) is 11.2 Å². The maximum absolute atomic E-state index is 11.5. The SMILES string of the molecule is CC(C)CC1=NC(=O)C2SC=CC2=N1. The van der Waals surface area contributed by atoms with Crippen molar-refractivity contribution in [3.63, 3.8) is 0 Å². The van der Waals surface area contributed by atoms with Crippen LogP contribution in [-0.4, -0.2) is 22.7 Å². The molecule has 0 N–H and O–H groups in total. The zero-order valence-electron chi connectivity index (χ0n) is 8.23. The number of fused-ring (bicyclic) bond motifs is 1. The Morgan fingerprint density at radius 1 is 1.50 bits per heavy atom. The molecule has 0 aromatic heterocycles. The Hall–Kier alpha value is -0.900. The molecule has 2 aliphatic rings. The van der Waals surface area contributed by atoms with Crippen molar-refractivity contribution < 1.29 is 4.79 Å². The Labute approximate surface area is 87.4 Å². The molecule has 1 amide bonds. The molecule has 4 heteroatoms. The van der Waals surface area contributed by atoms with E-state index in [1.54, 1.807) is 0 Å². The number of amides is 1. The van der Waals surface area contributed by atoms with Crippen molar-refractivity contribution in [1.29, 1.82) is 0 Å². The molecule has 0 saturated heterocycles. The number of aliphatic imine (C=N–C) groups is 2. The monoisotopic (exact) mass is 208 g/mol. The fourth-order valence-electron chi connectivity index (χ4n) is 1.44. The third-order valence-electron chi connectivity index (χ3n) is 2.03. The summed E-state index contributed by atoms with van der Waals surface area (Å²) in [5.74, 6) is 1.12. The van der Waals surface area contributed by atoms with Gasteiger partial charge in [-0.05, 0) is 17.4 Å². The summed E-state index contributed by atoms with van der Waals surface area (Å²) in [5, 5.41) is 1.75. The van der Waals surface area contributed by atoms with E-state index in [1.807, 2.05) is 11.5 Å². The molecule has 0 aromatic rings. The molecule has 1 unspecified atom stereocenters. The Kier molecular flexibility index (Phi) is 2.54. The van der Waals surface area contributed by atoms with Crippen LogP contribution in [0, 0.1) is 5.92 Å². The van der Waals surface area contributed by atoms with Crippen LogP contribution in [0.15, 0.2) is 21.5 Å². The molecule has 0 radical (unpaired) electrons. The first kappa shape index (κ1) is 9.65. The minimum atomic E-state index is -0.161. The van der Waals surface area contributed by atoms with Crippen molar-refractivity contribution in [2.45, 2.75) is 25.5 Å². The fraction of sp³-hybridized carbons (Fsp3) is 0.500. The van der Waals surface area contributed by atoms with E-state index < -0.39 is 0 Å². The summed E-state index contributed by atoms with van der Waals surface area (Å²) < 4.78 is 0. The molecule has 2 aliphatic heterocycles. The number of carbonyl (C=O) groups is 1. The van der Waals surface area contributed by atoms with Gasteiger partial charge in [-0.3, -0.25) is 4.79 Å². The molecule has 0 saturated carbocycles. The lowest BCUT2D eigenvalue weighted by Crippen LogP contribution is -2.27.